The number of rotatable bonds is 6. The molecular weight excluding hydrogens is 260 g/mol. The first kappa shape index (κ1) is 12.8. The van der Waals surface area contributed by atoms with E-state index >= 15 is 0 Å². The van der Waals surface area contributed by atoms with Gasteiger partial charge in [-0.1, -0.05) is 0 Å². The van der Waals surface area contributed by atoms with E-state index in [-0.39, 0.29) is 0 Å². The van der Waals surface area contributed by atoms with Crippen molar-refractivity contribution in [3.8, 4) is 10.7 Å². The number of nitrogens with zero attached hydrogens (tertiary/aromatic N) is 3. The lowest BCUT2D eigenvalue weighted by Crippen LogP contribution is -2.15. The van der Waals surface area contributed by atoms with Gasteiger partial charge in [0, 0.05) is 37.8 Å². The molecule has 1 aliphatic carbocycles. The molecule has 2 aromatic rings. The molecule has 102 valence electrons. The van der Waals surface area contributed by atoms with Crippen LogP contribution < -0.4 is 5.32 Å². The second kappa shape index (κ2) is 5.40. The Labute approximate surface area is 116 Å². The molecule has 5 nitrogen and oxygen atoms in total. The van der Waals surface area contributed by atoms with Crippen LogP contribution in [0.2, 0.25) is 0 Å². The normalized spacial score (nSPS) is 15.1. The van der Waals surface area contributed by atoms with E-state index in [1.54, 1.807) is 23.1 Å². The van der Waals surface area contributed by atoms with E-state index in [9.17, 15) is 0 Å². The summed E-state index contributed by atoms with van der Waals surface area (Å²) in [6.45, 7) is 1.44. The van der Waals surface area contributed by atoms with Gasteiger partial charge in [-0.05, 0) is 18.9 Å². The standard InChI is InChI=1S/C13H18N4OS/c1-17-6-5-10(16-17)13-15-11(8-18-2)12(19-13)7-14-9-3-4-9/h5-6,9,14H,3-4,7-8H2,1-2H3. The molecule has 2 heterocycles. The smallest absolute Gasteiger partial charge is 0.144 e. The lowest BCUT2D eigenvalue weighted by Gasteiger charge is -2.02. The Balaban J connectivity index is 1.81. The third-order valence-electron chi connectivity index (χ3n) is 3.12. The molecule has 3 rings (SSSR count). The Morgan fingerprint density at radius 3 is 3.00 bits per heavy atom. The number of aromatic nitrogens is 3. The van der Waals surface area contributed by atoms with Gasteiger partial charge in [0.1, 0.15) is 10.7 Å². The molecule has 1 fully saturated rings. The van der Waals surface area contributed by atoms with Crippen molar-refractivity contribution in [2.75, 3.05) is 7.11 Å². The summed E-state index contributed by atoms with van der Waals surface area (Å²) >= 11 is 1.71. The summed E-state index contributed by atoms with van der Waals surface area (Å²) in [5, 5.41) is 8.91. The van der Waals surface area contributed by atoms with E-state index in [0.717, 1.165) is 22.9 Å². The SMILES string of the molecule is COCc1nc(-c2ccn(C)n2)sc1CNC1CC1. The van der Waals surface area contributed by atoms with Gasteiger partial charge in [-0.25, -0.2) is 4.98 Å². The third-order valence-corrected chi connectivity index (χ3v) is 4.24. The average molecular weight is 278 g/mol. The highest BCUT2D eigenvalue weighted by atomic mass is 32.1. The minimum absolute atomic E-state index is 0.561. The number of hydrogen-bond donors (Lipinski definition) is 1. The zero-order valence-electron chi connectivity index (χ0n) is 11.2. The molecule has 0 amide bonds. The summed E-state index contributed by atoms with van der Waals surface area (Å²) in [5.74, 6) is 0. The first-order valence-electron chi connectivity index (χ1n) is 6.47. The van der Waals surface area contributed by atoms with Gasteiger partial charge < -0.3 is 10.1 Å². The molecule has 0 bridgehead atoms. The summed E-state index contributed by atoms with van der Waals surface area (Å²) in [6, 6.07) is 2.70. The van der Waals surface area contributed by atoms with Gasteiger partial charge in [0.05, 0.1) is 12.3 Å². The van der Waals surface area contributed by atoms with E-state index in [2.05, 4.69) is 15.4 Å². The van der Waals surface area contributed by atoms with Crippen molar-refractivity contribution in [2.45, 2.75) is 32.0 Å². The van der Waals surface area contributed by atoms with E-state index in [1.807, 2.05) is 19.3 Å². The minimum atomic E-state index is 0.561. The predicted molar refractivity (Wildman–Crippen MR) is 74.9 cm³/mol. The van der Waals surface area contributed by atoms with Crippen LogP contribution in [0.25, 0.3) is 10.7 Å². The van der Waals surface area contributed by atoms with Gasteiger partial charge in [-0.3, -0.25) is 4.68 Å². The fraction of sp³-hybridized carbons (Fsp3) is 0.538. The molecule has 2 aromatic heterocycles. The summed E-state index contributed by atoms with van der Waals surface area (Å²) in [7, 11) is 3.63. The molecule has 0 aliphatic heterocycles. The lowest BCUT2D eigenvalue weighted by atomic mass is 10.3. The number of aryl methyl sites for hydroxylation is 1. The number of ether oxygens (including phenoxy) is 1. The first-order chi connectivity index (χ1) is 9.26. The van der Waals surface area contributed by atoms with Crippen molar-refractivity contribution in [1.82, 2.24) is 20.1 Å². The van der Waals surface area contributed by atoms with Crippen molar-refractivity contribution in [3.05, 3.63) is 22.8 Å². The van der Waals surface area contributed by atoms with Gasteiger partial charge in [0.2, 0.25) is 0 Å². The molecule has 1 aliphatic rings. The number of nitrogens with one attached hydrogen (secondary N) is 1. The van der Waals surface area contributed by atoms with E-state index in [4.69, 9.17) is 4.74 Å². The molecule has 19 heavy (non-hydrogen) atoms. The van der Waals surface area contributed by atoms with Crippen molar-refractivity contribution in [3.63, 3.8) is 0 Å². The molecule has 0 radical (unpaired) electrons. The van der Waals surface area contributed by atoms with Gasteiger partial charge in [0.15, 0.2) is 0 Å². The predicted octanol–water partition coefficient (Wildman–Crippen LogP) is 1.94. The van der Waals surface area contributed by atoms with Gasteiger partial charge in [0.25, 0.3) is 0 Å². The van der Waals surface area contributed by atoms with E-state index < -0.39 is 0 Å². The van der Waals surface area contributed by atoms with Crippen molar-refractivity contribution in [2.24, 2.45) is 7.05 Å². The maximum absolute atomic E-state index is 5.24. The molecule has 1 saturated carbocycles. The zero-order chi connectivity index (χ0) is 13.2. The molecule has 0 atom stereocenters. The molecule has 0 spiro atoms. The van der Waals surface area contributed by atoms with Crippen LogP contribution in [0, 0.1) is 0 Å². The molecular formula is C13H18N4OS. The number of methoxy groups -OCH3 is 1. The molecule has 0 saturated heterocycles. The minimum Gasteiger partial charge on any atom is -0.378 e. The molecule has 6 heteroatoms. The third kappa shape index (κ3) is 3.02. The second-order valence-electron chi connectivity index (χ2n) is 4.85. The Kier molecular flexibility index (Phi) is 3.63. The monoisotopic (exact) mass is 278 g/mol. The van der Waals surface area contributed by atoms with Gasteiger partial charge >= 0.3 is 0 Å². The Morgan fingerprint density at radius 2 is 2.37 bits per heavy atom. The number of hydrogen-bond acceptors (Lipinski definition) is 5. The van der Waals surface area contributed by atoms with Crippen LogP contribution >= 0.6 is 11.3 Å². The highest BCUT2D eigenvalue weighted by Gasteiger charge is 2.22. The zero-order valence-corrected chi connectivity index (χ0v) is 12.0. The second-order valence-corrected chi connectivity index (χ2v) is 5.94. The topological polar surface area (TPSA) is 52.0 Å². The number of thiazole rings is 1. The largest absolute Gasteiger partial charge is 0.378 e. The molecule has 0 aromatic carbocycles. The van der Waals surface area contributed by atoms with E-state index in [0.29, 0.717) is 12.6 Å². The van der Waals surface area contributed by atoms with Crippen molar-refractivity contribution < 1.29 is 4.74 Å². The summed E-state index contributed by atoms with van der Waals surface area (Å²) in [4.78, 5) is 5.92. The Bertz CT molecular complexity index is 559. The van der Waals surface area contributed by atoms with Crippen molar-refractivity contribution in [1.29, 1.82) is 0 Å². The lowest BCUT2D eigenvalue weighted by molar-refractivity contribution is 0.181. The quantitative estimate of drug-likeness (QED) is 0.877. The summed E-state index contributed by atoms with van der Waals surface area (Å²) in [5.41, 5.74) is 1.96. The Hall–Kier alpha value is -1.24. The van der Waals surface area contributed by atoms with Crippen LogP contribution in [0.15, 0.2) is 12.3 Å². The first-order valence-corrected chi connectivity index (χ1v) is 7.29. The fourth-order valence-corrected chi connectivity index (χ4v) is 2.91. The highest BCUT2D eigenvalue weighted by molar-refractivity contribution is 7.15. The highest BCUT2D eigenvalue weighted by Crippen LogP contribution is 2.28. The maximum Gasteiger partial charge on any atom is 0.144 e. The van der Waals surface area contributed by atoms with Crippen LogP contribution in [0.3, 0.4) is 0 Å². The fourth-order valence-electron chi connectivity index (χ4n) is 1.93. The van der Waals surface area contributed by atoms with Crippen LogP contribution in [-0.4, -0.2) is 27.9 Å². The average Bonchev–Trinajstić information content (AvgIpc) is 2.99. The maximum atomic E-state index is 5.24. The van der Waals surface area contributed by atoms with Crippen LogP contribution in [0.5, 0.6) is 0 Å². The molecule has 1 N–H and O–H groups in total. The summed E-state index contributed by atoms with van der Waals surface area (Å²) in [6.07, 6.45) is 4.53. The van der Waals surface area contributed by atoms with Gasteiger partial charge in [-0.2, -0.15) is 5.10 Å². The van der Waals surface area contributed by atoms with E-state index in [1.165, 1.54) is 17.7 Å². The van der Waals surface area contributed by atoms with Crippen LogP contribution in [-0.2, 0) is 24.9 Å². The van der Waals surface area contributed by atoms with Crippen LogP contribution in [0.4, 0.5) is 0 Å². The van der Waals surface area contributed by atoms with Gasteiger partial charge in [-0.15, -0.1) is 11.3 Å². The summed E-state index contributed by atoms with van der Waals surface area (Å²) < 4.78 is 7.04. The Morgan fingerprint density at radius 1 is 1.53 bits per heavy atom. The van der Waals surface area contributed by atoms with Crippen LogP contribution in [0.1, 0.15) is 23.4 Å². The molecule has 0 unspecified atom stereocenters. The van der Waals surface area contributed by atoms with Crippen molar-refractivity contribution >= 4 is 11.3 Å².